The Morgan fingerprint density at radius 1 is 1.29 bits per heavy atom. The third kappa shape index (κ3) is 3.80. The summed E-state index contributed by atoms with van der Waals surface area (Å²) in [6, 6.07) is 12.6. The zero-order valence-electron chi connectivity index (χ0n) is 10.8. The van der Waals surface area contributed by atoms with E-state index in [9.17, 15) is 9.18 Å². The van der Waals surface area contributed by atoms with Crippen LogP contribution in [-0.2, 0) is 0 Å². The van der Waals surface area contributed by atoms with Crippen LogP contribution in [0.3, 0.4) is 0 Å². The highest BCUT2D eigenvalue weighted by Crippen LogP contribution is 2.22. The van der Waals surface area contributed by atoms with E-state index < -0.39 is 11.7 Å². The molecule has 2 rings (SSSR count). The number of carbonyl (C=O) groups excluding carboxylic acids is 1. The maximum Gasteiger partial charge on any atom is 0.259 e. The molecule has 0 fully saturated rings. The number of halogens is 2. The predicted molar refractivity (Wildman–Crippen MR) is 79.6 cm³/mol. The van der Waals surface area contributed by atoms with Gasteiger partial charge in [-0.1, -0.05) is 6.07 Å². The van der Waals surface area contributed by atoms with Crippen LogP contribution in [0.2, 0.25) is 0 Å². The zero-order chi connectivity index (χ0) is 15.2. The number of nitrogens with one attached hydrogen (secondary N) is 1. The van der Waals surface area contributed by atoms with E-state index in [1.165, 1.54) is 12.1 Å². The molecule has 21 heavy (non-hydrogen) atoms. The van der Waals surface area contributed by atoms with E-state index in [-0.39, 0.29) is 12.2 Å². The van der Waals surface area contributed by atoms with Crippen LogP contribution in [0.5, 0.6) is 5.75 Å². The molecule has 0 saturated heterocycles. The lowest BCUT2D eigenvalue weighted by molar-refractivity contribution is 0.102. The lowest BCUT2D eigenvalue weighted by Gasteiger charge is -2.08. The van der Waals surface area contributed by atoms with E-state index in [2.05, 4.69) is 21.2 Å². The van der Waals surface area contributed by atoms with Crippen LogP contribution in [0, 0.1) is 17.1 Å². The van der Waals surface area contributed by atoms with Crippen molar-refractivity contribution in [2.75, 3.05) is 11.9 Å². The largest absolute Gasteiger partial charge is 0.479 e. The van der Waals surface area contributed by atoms with Crippen LogP contribution >= 0.6 is 15.9 Å². The Kier molecular flexibility index (Phi) is 4.90. The van der Waals surface area contributed by atoms with Gasteiger partial charge < -0.3 is 10.1 Å². The first-order valence-corrected chi connectivity index (χ1v) is 6.76. The standard InChI is InChI=1S/C15H10BrFN2O2/c16-12-2-1-3-13(17)14(12)15(20)19-10-4-6-11(7-5-10)21-9-8-18/h1-7H,9H2,(H,19,20). The van der Waals surface area contributed by atoms with Crippen molar-refractivity contribution in [2.45, 2.75) is 0 Å². The first-order valence-electron chi connectivity index (χ1n) is 5.97. The van der Waals surface area contributed by atoms with Crippen molar-refractivity contribution >= 4 is 27.5 Å². The van der Waals surface area contributed by atoms with Crippen molar-refractivity contribution in [1.82, 2.24) is 0 Å². The molecule has 2 aromatic carbocycles. The number of carbonyl (C=O) groups is 1. The maximum atomic E-state index is 13.7. The minimum atomic E-state index is -0.601. The van der Waals surface area contributed by atoms with Crippen molar-refractivity contribution in [3.05, 3.63) is 58.3 Å². The molecule has 0 saturated carbocycles. The number of nitriles is 1. The van der Waals surface area contributed by atoms with Crippen molar-refractivity contribution in [1.29, 1.82) is 5.26 Å². The monoisotopic (exact) mass is 348 g/mol. The summed E-state index contributed by atoms with van der Waals surface area (Å²) in [6.07, 6.45) is 0. The third-order valence-electron chi connectivity index (χ3n) is 2.61. The average molecular weight is 349 g/mol. The molecule has 0 heterocycles. The number of benzene rings is 2. The van der Waals surface area contributed by atoms with Gasteiger partial charge in [-0.15, -0.1) is 0 Å². The normalized spacial score (nSPS) is 9.76. The van der Waals surface area contributed by atoms with E-state index in [0.717, 1.165) is 0 Å². The van der Waals surface area contributed by atoms with E-state index >= 15 is 0 Å². The number of amides is 1. The van der Waals surface area contributed by atoms with Gasteiger partial charge in [0.25, 0.3) is 5.91 Å². The Morgan fingerprint density at radius 2 is 2.00 bits per heavy atom. The van der Waals surface area contributed by atoms with Crippen molar-refractivity contribution in [3.63, 3.8) is 0 Å². The fourth-order valence-corrected chi connectivity index (χ4v) is 2.18. The Hall–Kier alpha value is -2.39. The van der Waals surface area contributed by atoms with Crippen LogP contribution in [0.1, 0.15) is 10.4 Å². The van der Waals surface area contributed by atoms with E-state index in [1.807, 2.05) is 6.07 Å². The van der Waals surface area contributed by atoms with Crippen molar-refractivity contribution < 1.29 is 13.9 Å². The molecule has 0 spiro atoms. The highest BCUT2D eigenvalue weighted by Gasteiger charge is 2.15. The number of ether oxygens (including phenoxy) is 1. The van der Waals surface area contributed by atoms with Crippen LogP contribution in [0.25, 0.3) is 0 Å². The lowest BCUT2D eigenvalue weighted by atomic mass is 10.2. The van der Waals surface area contributed by atoms with Gasteiger partial charge in [-0.05, 0) is 52.3 Å². The van der Waals surface area contributed by atoms with Gasteiger partial charge in [0, 0.05) is 10.2 Å². The summed E-state index contributed by atoms with van der Waals surface area (Å²) in [6.45, 7) is -0.0477. The van der Waals surface area contributed by atoms with Crippen molar-refractivity contribution in [2.24, 2.45) is 0 Å². The van der Waals surface area contributed by atoms with E-state index in [4.69, 9.17) is 10.00 Å². The molecule has 0 aliphatic rings. The Morgan fingerprint density at radius 3 is 2.62 bits per heavy atom. The molecule has 0 bridgehead atoms. The molecule has 0 radical (unpaired) electrons. The molecule has 6 heteroatoms. The predicted octanol–water partition coefficient (Wildman–Crippen LogP) is 3.74. The second-order valence-corrected chi connectivity index (χ2v) is 4.88. The molecule has 0 aromatic heterocycles. The molecule has 2 aromatic rings. The minimum absolute atomic E-state index is 0.0477. The van der Waals surface area contributed by atoms with Gasteiger partial charge in [0.2, 0.25) is 0 Å². The molecular weight excluding hydrogens is 339 g/mol. The van der Waals surface area contributed by atoms with Gasteiger partial charge in [0.05, 0.1) is 5.56 Å². The van der Waals surface area contributed by atoms with Gasteiger partial charge >= 0.3 is 0 Å². The number of hydrogen-bond acceptors (Lipinski definition) is 3. The second-order valence-electron chi connectivity index (χ2n) is 4.02. The lowest BCUT2D eigenvalue weighted by Crippen LogP contribution is -2.14. The van der Waals surface area contributed by atoms with E-state index in [1.54, 1.807) is 30.3 Å². The van der Waals surface area contributed by atoms with Crippen LogP contribution in [-0.4, -0.2) is 12.5 Å². The summed E-state index contributed by atoms with van der Waals surface area (Å²) >= 11 is 3.15. The quantitative estimate of drug-likeness (QED) is 0.915. The maximum absolute atomic E-state index is 13.7. The SMILES string of the molecule is N#CCOc1ccc(NC(=O)c2c(F)cccc2Br)cc1. The zero-order valence-corrected chi connectivity index (χ0v) is 12.4. The fraction of sp³-hybridized carbons (Fsp3) is 0.0667. The summed E-state index contributed by atoms with van der Waals surface area (Å²) in [5.74, 6) is -0.636. The molecule has 4 nitrogen and oxygen atoms in total. The van der Waals surface area contributed by atoms with Gasteiger partial charge in [-0.25, -0.2) is 4.39 Å². The molecule has 0 aliphatic heterocycles. The topological polar surface area (TPSA) is 62.1 Å². The summed E-state index contributed by atoms with van der Waals surface area (Å²) in [7, 11) is 0. The second kappa shape index (κ2) is 6.86. The minimum Gasteiger partial charge on any atom is -0.479 e. The van der Waals surface area contributed by atoms with Gasteiger partial charge in [-0.3, -0.25) is 4.79 Å². The van der Waals surface area contributed by atoms with Gasteiger partial charge in [0.1, 0.15) is 17.6 Å². The summed E-state index contributed by atoms with van der Waals surface area (Å²) in [4.78, 5) is 12.1. The Labute approximate surface area is 129 Å². The van der Waals surface area contributed by atoms with Crippen LogP contribution < -0.4 is 10.1 Å². The number of nitrogens with zero attached hydrogens (tertiary/aromatic N) is 1. The molecule has 0 aliphatic carbocycles. The summed E-state index contributed by atoms with van der Waals surface area (Å²) < 4.78 is 19.1. The molecule has 106 valence electrons. The van der Waals surface area contributed by atoms with Crippen molar-refractivity contribution in [3.8, 4) is 11.8 Å². The molecular formula is C15H10BrFN2O2. The summed E-state index contributed by atoms with van der Waals surface area (Å²) in [5, 5.41) is 11.0. The number of anilines is 1. The number of hydrogen-bond donors (Lipinski definition) is 1. The Bertz CT molecular complexity index is 676. The Balaban J connectivity index is 2.11. The van der Waals surface area contributed by atoms with E-state index in [0.29, 0.717) is 15.9 Å². The highest BCUT2D eigenvalue weighted by molar-refractivity contribution is 9.10. The number of rotatable bonds is 4. The first kappa shape index (κ1) is 15.0. The molecule has 1 N–H and O–H groups in total. The molecule has 1 amide bonds. The summed E-state index contributed by atoms with van der Waals surface area (Å²) in [5.41, 5.74) is 0.446. The van der Waals surface area contributed by atoms with Crippen LogP contribution in [0.4, 0.5) is 10.1 Å². The van der Waals surface area contributed by atoms with Gasteiger partial charge in [0.15, 0.2) is 6.61 Å². The fourth-order valence-electron chi connectivity index (χ4n) is 1.66. The van der Waals surface area contributed by atoms with Gasteiger partial charge in [-0.2, -0.15) is 5.26 Å². The molecule has 0 unspecified atom stereocenters. The average Bonchev–Trinajstić information content (AvgIpc) is 2.46. The smallest absolute Gasteiger partial charge is 0.259 e. The third-order valence-corrected chi connectivity index (χ3v) is 3.27. The highest BCUT2D eigenvalue weighted by atomic mass is 79.9. The van der Waals surface area contributed by atoms with Crippen LogP contribution in [0.15, 0.2) is 46.9 Å². The first-order chi connectivity index (χ1) is 10.1. The molecule has 0 atom stereocenters.